The first-order chi connectivity index (χ1) is 15.7. The quantitative estimate of drug-likeness (QED) is 0.269. The molecule has 0 bridgehead atoms. The Hall–Kier alpha value is -3.79. The number of hydrogen-bond donors (Lipinski definition) is 0. The molecule has 2 heterocycles. The standard InChI is InChI=1S/C23H15F3O6S/c1-29-15-8-5-12(10-17(15)30-2)19-20(27)14-7-6-13(31-22(28)18-4-3-9-33-18)11-16(14)32-21(19)23(24,25)26/h3-11H,1-2H3. The molecule has 0 atom stereocenters. The lowest BCUT2D eigenvalue weighted by Crippen LogP contribution is -2.16. The molecule has 0 spiro atoms. The molecule has 0 fully saturated rings. The van der Waals surface area contributed by atoms with Gasteiger partial charge in [-0.3, -0.25) is 4.79 Å². The summed E-state index contributed by atoms with van der Waals surface area (Å²) < 4.78 is 62.3. The molecule has 0 aliphatic heterocycles. The van der Waals surface area contributed by atoms with Gasteiger partial charge in [0.05, 0.1) is 25.2 Å². The van der Waals surface area contributed by atoms with Crippen LogP contribution >= 0.6 is 11.3 Å². The van der Waals surface area contributed by atoms with E-state index in [1.807, 2.05) is 0 Å². The van der Waals surface area contributed by atoms with Gasteiger partial charge in [0, 0.05) is 6.07 Å². The Kier molecular flexibility index (Phi) is 5.86. The third kappa shape index (κ3) is 4.29. The minimum atomic E-state index is -4.97. The Morgan fingerprint density at radius 1 is 1.00 bits per heavy atom. The topological polar surface area (TPSA) is 75.0 Å². The lowest BCUT2D eigenvalue weighted by atomic mass is 10.0. The van der Waals surface area contributed by atoms with Crippen LogP contribution in [0, 0.1) is 0 Å². The van der Waals surface area contributed by atoms with Gasteiger partial charge in [-0.1, -0.05) is 12.1 Å². The van der Waals surface area contributed by atoms with Gasteiger partial charge in [0.15, 0.2) is 11.5 Å². The number of fused-ring (bicyclic) bond motifs is 1. The minimum Gasteiger partial charge on any atom is -0.493 e. The molecule has 4 aromatic rings. The highest BCUT2D eigenvalue weighted by Gasteiger charge is 2.39. The van der Waals surface area contributed by atoms with Crippen LogP contribution in [0.3, 0.4) is 0 Å². The maximum Gasteiger partial charge on any atom is 0.450 e. The number of hydrogen-bond acceptors (Lipinski definition) is 7. The number of halogens is 3. The molecule has 0 saturated heterocycles. The van der Waals surface area contributed by atoms with Crippen LogP contribution in [0.25, 0.3) is 22.1 Å². The summed E-state index contributed by atoms with van der Waals surface area (Å²) in [6.07, 6.45) is -4.97. The number of ether oxygens (including phenoxy) is 3. The zero-order chi connectivity index (χ0) is 23.8. The first-order valence-electron chi connectivity index (χ1n) is 9.39. The monoisotopic (exact) mass is 476 g/mol. The van der Waals surface area contributed by atoms with Gasteiger partial charge in [-0.05, 0) is 41.3 Å². The maximum absolute atomic E-state index is 13.9. The number of methoxy groups -OCH3 is 2. The average Bonchev–Trinajstić information content (AvgIpc) is 3.33. The second-order valence-corrected chi connectivity index (χ2v) is 7.68. The van der Waals surface area contributed by atoms with E-state index in [0.717, 1.165) is 17.4 Å². The third-order valence-electron chi connectivity index (χ3n) is 4.73. The molecule has 10 heteroatoms. The van der Waals surface area contributed by atoms with Gasteiger partial charge < -0.3 is 18.6 Å². The van der Waals surface area contributed by atoms with Crippen molar-refractivity contribution in [2.24, 2.45) is 0 Å². The highest BCUT2D eigenvalue weighted by molar-refractivity contribution is 7.12. The van der Waals surface area contributed by atoms with Crippen molar-refractivity contribution in [3.63, 3.8) is 0 Å². The molecule has 0 amide bonds. The van der Waals surface area contributed by atoms with E-state index in [0.29, 0.717) is 4.88 Å². The average molecular weight is 476 g/mol. The number of rotatable bonds is 5. The van der Waals surface area contributed by atoms with Crippen molar-refractivity contribution in [3.05, 3.63) is 74.8 Å². The molecule has 6 nitrogen and oxygen atoms in total. The highest BCUT2D eigenvalue weighted by Crippen LogP contribution is 2.40. The van der Waals surface area contributed by atoms with Crippen molar-refractivity contribution >= 4 is 28.3 Å². The van der Waals surface area contributed by atoms with E-state index in [4.69, 9.17) is 18.6 Å². The van der Waals surface area contributed by atoms with E-state index in [1.54, 1.807) is 17.5 Å². The Morgan fingerprint density at radius 3 is 2.39 bits per heavy atom. The van der Waals surface area contributed by atoms with E-state index in [9.17, 15) is 22.8 Å². The summed E-state index contributed by atoms with van der Waals surface area (Å²) in [5.74, 6) is -1.77. The van der Waals surface area contributed by atoms with Crippen molar-refractivity contribution in [2.75, 3.05) is 14.2 Å². The Bertz CT molecular complexity index is 1390. The lowest BCUT2D eigenvalue weighted by Gasteiger charge is -2.15. The van der Waals surface area contributed by atoms with Crippen LogP contribution in [-0.2, 0) is 6.18 Å². The molecule has 2 aromatic carbocycles. The molecule has 0 aliphatic rings. The van der Waals surface area contributed by atoms with Gasteiger partial charge in [-0.25, -0.2) is 4.79 Å². The van der Waals surface area contributed by atoms with Crippen LogP contribution in [0.1, 0.15) is 15.4 Å². The molecule has 0 radical (unpaired) electrons. The molecule has 0 N–H and O–H groups in total. The van der Waals surface area contributed by atoms with Crippen LogP contribution in [0.15, 0.2) is 63.1 Å². The summed E-state index contributed by atoms with van der Waals surface area (Å²) in [6.45, 7) is 0. The van der Waals surface area contributed by atoms with E-state index >= 15 is 0 Å². The summed E-state index contributed by atoms with van der Waals surface area (Å²) in [5, 5.41) is 1.57. The first-order valence-corrected chi connectivity index (χ1v) is 10.3. The van der Waals surface area contributed by atoms with E-state index in [-0.39, 0.29) is 33.8 Å². The van der Waals surface area contributed by atoms with Gasteiger partial charge in [-0.15, -0.1) is 11.3 Å². The van der Waals surface area contributed by atoms with Crippen LogP contribution in [0.5, 0.6) is 17.2 Å². The van der Waals surface area contributed by atoms with Gasteiger partial charge in [-0.2, -0.15) is 13.2 Å². The van der Waals surface area contributed by atoms with Gasteiger partial charge in [0.2, 0.25) is 11.2 Å². The molecule has 0 aliphatic carbocycles. The fourth-order valence-corrected chi connectivity index (χ4v) is 3.84. The largest absolute Gasteiger partial charge is 0.493 e. The summed E-state index contributed by atoms with van der Waals surface area (Å²) in [7, 11) is 2.71. The Labute approximate surface area is 188 Å². The summed E-state index contributed by atoms with van der Waals surface area (Å²) >= 11 is 1.15. The zero-order valence-corrected chi connectivity index (χ0v) is 18.0. The second kappa shape index (κ2) is 8.62. The predicted octanol–water partition coefficient (Wildman–Crippen LogP) is 5.78. The molecule has 2 aromatic heterocycles. The third-order valence-corrected chi connectivity index (χ3v) is 5.58. The van der Waals surface area contributed by atoms with Crippen LogP contribution in [-0.4, -0.2) is 20.2 Å². The maximum atomic E-state index is 13.9. The lowest BCUT2D eigenvalue weighted by molar-refractivity contribution is -0.152. The fraction of sp³-hybridized carbons (Fsp3) is 0.130. The van der Waals surface area contributed by atoms with Crippen molar-refractivity contribution < 1.29 is 36.6 Å². The van der Waals surface area contributed by atoms with Gasteiger partial charge in [0.1, 0.15) is 16.2 Å². The predicted molar refractivity (Wildman–Crippen MR) is 115 cm³/mol. The molecule has 170 valence electrons. The molecule has 0 unspecified atom stereocenters. The molecular weight excluding hydrogens is 461 g/mol. The number of thiophene rings is 1. The number of esters is 1. The van der Waals surface area contributed by atoms with Gasteiger partial charge in [0.25, 0.3) is 0 Å². The van der Waals surface area contributed by atoms with E-state index in [2.05, 4.69) is 0 Å². The van der Waals surface area contributed by atoms with Crippen molar-refractivity contribution in [1.29, 1.82) is 0 Å². The van der Waals surface area contributed by atoms with Crippen LogP contribution in [0.4, 0.5) is 13.2 Å². The van der Waals surface area contributed by atoms with Crippen LogP contribution < -0.4 is 19.6 Å². The summed E-state index contributed by atoms with van der Waals surface area (Å²) in [4.78, 5) is 25.6. The van der Waals surface area contributed by atoms with Crippen molar-refractivity contribution in [1.82, 2.24) is 0 Å². The first kappa shape index (κ1) is 22.4. The zero-order valence-electron chi connectivity index (χ0n) is 17.2. The van der Waals surface area contributed by atoms with Crippen LogP contribution in [0.2, 0.25) is 0 Å². The number of benzene rings is 2. The van der Waals surface area contributed by atoms with Crippen molar-refractivity contribution in [2.45, 2.75) is 6.18 Å². The fourth-order valence-electron chi connectivity index (χ4n) is 3.24. The summed E-state index contributed by atoms with van der Waals surface area (Å²) in [6, 6.07) is 10.8. The van der Waals surface area contributed by atoms with Gasteiger partial charge >= 0.3 is 12.1 Å². The van der Waals surface area contributed by atoms with E-state index < -0.39 is 28.9 Å². The second-order valence-electron chi connectivity index (χ2n) is 6.73. The molecule has 4 rings (SSSR count). The Morgan fingerprint density at radius 2 is 1.76 bits per heavy atom. The highest BCUT2D eigenvalue weighted by atomic mass is 32.1. The molecular formula is C23H15F3O6S. The normalized spacial score (nSPS) is 11.4. The molecule has 0 saturated carbocycles. The number of carbonyl (C=O) groups excluding carboxylic acids is 1. The summed E-state index contributed by atoms with van der Waals surface area (Å²) in [5.41, 5.74) is -1.98. The number of carbonyl (C=O) groups is 1. The van der Waals surface area contributed by atoms with Crippen molar-refractivity contribution in [3.8, 4) is 28.4 Å². The number of alkyl halides is 3. The minimum absolute atomic E-state index is 0.0520. The Balaban J connectivity index is 1.87. The SMILES string of the molecule is COc1ccc(-c2c(C(F)(F)F)oc3cc(OC(=O)c4cccs4)ccc3c2=O)cc1OC. The van der Waals surface area contributed by atoms with E-state index in [1.165, 1.54) is 44.6 Å². The smallest absolute Gasteiger partial charge is 0.450 e. The molecule has 33 heavy (non-hydrogen) atoms.